The maximum absolute atomic E-state index is 11.2. The number of hydrogen-bond donors (Lipinski definition) is 2. The fourth-order valence-electron chi connectivity index (χ4n) is 1.08. The highest BCUT2D eigenvalue weighted by Gasteiger charge is 2.08. The summed E-state index contributed by atoms with van der Waals surface area (Å²) < 4.78 is 27.1. The number of pyridine rings is 1. The van der Waals surface area contributed by atoms with Gasteiger partial charge in [0.1, 0.15) is 5.82 Å². The summed E-state index contributed by atoms with van der Waals surface area (Å²) >= 11 is 4.85. The molecular formula is C10H13N3O4S2. The molecule has 0 aliphatic carbocycles. The van der Waals surface area contributed by atoms with E-state index in [4.69, 9.17) is 12.2 Å². The molecule has 0 bridgehead atoms. The molecule has 0 aliphatic rings. The minimum atomic E-state index is -3.29. The SMILES string of the molecule is CCOC(=O)NC(=S)Nc1ccc(S(C)(=O)=O)cn1. The Morgan fingerprint density at radius 2 is 2.16 bits per heavy atom. The second kappa shape index (κ2) is 6.43. The first-order chi connectivity index (χ1) is 8.82. The van der Waals surface area contributed by atoms with Crippen molar-refractivity contribution < 1.29 is 17.9 Å². The Kier molecular flexibility index (Phi) is 5.19. The maximum atomic E-state index is 11.2. The van der Waals surface area contributed by atoms with E-state index in [1.807, 2.05) is 0 Å². The average Bonchev–Trinajstić information content (AvgIpc) is 2.28. The van der Waals surface area contributed by atoms with Crippen LogP contribution in [0.25, 0.3) is 0 Å². The zero-order valence-electron chi connectivity index (χ0n) is 10.3. The highest BCUT2D eigenvalue weighted by Crippen LogP contribution is 2.10. The quantitative estimate of drug-likeness (QED) is 0.801. The number of sulfone groups is 1. The number of carbonyl (C=O) groups excluding carboxylic acids is 1. The third-order valence-electron chi connectivity index (χ3n) is 1.90. The summed E-state index contributed by atoms with van der Waals surface area (Å²) in [5.41, 5.74) is 0. The molecule has 104 valence electrons. The summed E-state index contributed by atoms with van der Waals surface area (Å²) in [6, 6.07) is 2.83. The second-order valence-electron chi connectivity index (χ2n) is 3.45. The molecule has 0 radical (unpaired) electrons. The lowest BCUT2D eigenvalue weighted by molar-refractivity contribution is 0.158. The van der Waals surface area contributed by atoms with Crippen LogP contribution in [0.3, 0.4) is 0 Å². The average molecular weight is 303 g/mol. The Bertz CT molecular complexity index is 569. The molecule has 1 aromatic heterocycles. The predicted octanol–water partition coefficient (Wildman–Crippen LogP) is 0.928. The molecule has 2 N–H and O–H groups in total. The van der Waals surface area contributed by atoms with E-state index in [1.165, 1.54) is 18.3 Å². The molecule has 9 heteroatoms. The van der Waals surface area contributed by atoms with E-state index >= 15 is 0 Å². The highest BCUT2D eigenvalue weighted by molar-refractivity contribution is 7.90. The Balaban J connectivity index is 2.63. The number of carbonyl (C=O) groups is 1. The van der Waals surface area contributed by atoms with Crippen molar-refractivity contribution in [1.82, 2.24) is 10.3 Å². The number of aromatic nitrogens is 1. The Morgan fingerprint density at radius 1 is 1.47 bits per heavy atom. The first kappa shape index (κ1) is 15.3. The minimum absolute atomic E-state index is 0.0121. The number of nitrogens with zero attached hydrogens (tertiary/aromatic N) is 1. The molecule has 1 aromatic rings. The van der Waals surface area contributed by atoms with Crippen LogP contribution in [-0.4, -0.2) is 37.5 Å². The van der Waals surface area contributed by atoms with E-state index in [-0.39, 0.29) is 16.6 Å². The Morgan fingerprint density at radius 3 is 2.63 bits per heavy atom. The molecule has 0 saturated carbocycles. The molecule has 7 nitrogen and oxygen atoms in total. The van der Waals surface area contributed by atoms with Crippen molar-refractivity contribution in [2.45, 2.75) is 11.8 Å². The lowest BCUT2D eigenvalue weighted by Gasteiger charge is -2.08. The largest absolute Gasteiger partial charge is 0.450 e. The fourth-order valence-corrected chi connectivity index (χ4v) is 1.83. The number of hydrogen-bond acceptors (Lipinski definition) is 6. The second-order valence-corrected chi connectivity index (χ2v) is 5.87. The molecule has 0 fully saturated rings. The Hall–Kier alpha value is -1.74. The van der Waals surface area contributed by atoms with Crippen molar-refractivity contribution in [1.29, 1.82) is 0 Å². The summed E-state index contributed by atoms with van der Waals surface area (Å²) in [7, 11) is -3.29. The number of amides is 1. The lowest BCUT2D eigenvalue weighted by atomic mass is 10.4. The van der Waals surface area contributed by atoms with E-state index in [1.54, 1.807) is 6.92 Å². The molecular weight excluding hydrogens is 290 g/mol. The third-order valence-corrected chi connectivity index (χ3v) is 3.20. The smallest absolute Gasteiger partial charge is 0.413 e. The Labute approximate surface area is 116 Å². The van der Waals surface area contributed by atoms with E-state index in [9.17, 15) is 13.2 Å². The van der Waals surface area contributed by atoms with E-state index < -0.39 is 15.9 Å². The van der Waals surface area contributed by atoms with Gasteiger partial charge >= 0.3 is 6.09 Å². The van der Waals surface area contributed by atoms with Gasteiger partial charge in [0, 0.05) is 12.5 Å². The summed E-state index contributed by atoms with van der Waals surface area (Å²) in [5.74, 6) is 0.314. The summed E-state index contributed by atoms with van der Waals surface area (Å²) in [6.07, 6.45) is 1.61. The first-order valence-electron chi connectivity index (χ1n) is 5.24. The van der Waals surface area contributed by atoms with Crippen LogP contribution in [0, 0.1) is 0 Å². The van der Waals surface area contributed by atoms with Crippen molar-refractivity contribution in [2.75, 3.05) is 18.2 Å². The predicted molar refractivity (Wildman–Crippen MR) is 73.7 cm³/mol. The van der Waals surface area contributed by atoms with Crippen molar-refractivity contribution in [2.24, 2.45) is 0 Å². The summed E-state index contributed by atoms with van der Waals surface area (Å²) in [4.78, 5) is 15.0. The maximum Gasteiger partial charge on any atom is 0.413 e. The molecule has 0 spiro atoms. The number of thiocarbonyl (C=S) groups is 1. The van der Waals surface area contributed by atoms with Crippen LogP contribution >= 0.6 is 12.2 Å². The van der Waals surface area contributed by atoms with Gasteiger partial charge in [-0.25, -0.2) is 18.2 Å². The van der Waals surface area contributed by atoms with Gasteiger partial charge in [0.25, 0.3) is 0 Å². The van der Waals surface area contributed by atoms with Crippen molar-refractivity contribution in [3.63, 3.8) is 0 Å². The molecule has 1 rings (SSSR count). The van der Waals surface area contributed by atoms with Crippen molar-refractivity contribution >= 4 is 39.1 Å². The normalized spacial score (nSPS) is 10.6. The van der Waals surface area contributed by atoms with Gasteiger partial charge in [-0.2, -0.15) is 0 Å². The van der Waals surface area contributed by atoms with Crippen LogP contribution in [0.5, 0.6) is 0 Å². The molecule has 0 unspecified atom stereocenters. The molecule has 0 aliphatic heterocycles. The van der Waals surface area contributed by atoms with Gasteiger partial charge in [-0.05, 0) is 31.3 Å². The van der Waals surface area contributed by atoms with Gasteiger partial charge in [-0.15, -0.1) is 0 Å². The molecule has 1 amide bonds. The number of nitrogens with one attached hydrogen (secondary N) is 2. The van der Waals surface area contributed by atoms with Gasteiger partial charge in [0.2, 0.25) is 0 Å². The standard InChI is InChI=1S/C10H13N3O4S2/c1-3-17-10(14)13-9(18)12-8-5-4-7(6-11-8)19(2,15)16/h4-6H,3H2,1-2H3,(H2,11,12,13,14,18). The van der Waals surface area contributed by atoms with Gasteiger partial charge in [-0.3, -0.25) is 5.32 Å². The van der Waals surface area contributed by atoms with E-state index in [0.717, 1.165) is 6.26 Å². The monoisotopic (exact) mass is 303 g/mol. The fraction of sp³-hybridized carbons (Fsp3) is 0.300. The first-order valence-corrected chi connectivity index (χ1v) is 7.53. The van der Waals surface area contributed by atoms with Crippen LogP contribution in [0.4, 0.5) is 10.6 Å². The van der Waals surface area contributed by atoms with Gasteiger partial charge < -0.3 is 10.1 Å². The lowest BCUT2D eigenvalue weighted by Crippen LogP contribution is -2.34. The molecule has 19 heavy (non-hydrogen) atoms. The van der Waals surface area contributed by atoms with Crippen LogP contribution < -0.4 is 10.6 Å². The van der Waals surface area contributed by atoms with Crippen LogP contribution in [0.1, 0.15) is 6.92 Å². The van der Waals surface area contributed by atoms with Gasteiger partial charge in [0.15, 0.2) is 14.9 Å². The zero-order valence-corrected chi connectivity index (χ0v) is 12.0. The highest BCUT2D eigenvalue weighted by atomic mass is 32.2. The van der Waals surface area contributed by atoms with Gasteiger partial charge in [0.05, 0.1) is 11.5 Å². The van der Waals surface area contributed by atoms with Crippen LogP contribution in [-0.2, 0) is 14.6 Å². The van der Waals surface area contributed by atoms with E-state index in [0.29, 0.717) is 5.82 Å². The molecule has 0 atom stereocenters. The summed E-state index contributed by atoms with van der Waals surface area (Å²) in [5, 5.41) is 4.91. The molecule has 1 heterocycles. The van der Waals surface area contributed by atoms with Crippen LogP contribution in [0.15, 0.2) is 23.2 Å². The van der Waals surface area contributed by atoms with Crippen molar-refractivity contribution in [3.8, 4) is 0 Å². The molecule has 0 saturated heterocycles. The zero-order chi connectivity index (χ0) is 14.5. The number of rotatable bonds is 3. The van der Waals surface area contributed by atoms with Gasteiger partial charge in [-0.1, -0.05) is 0 Å². The third kappa shape index (κ3) is 5.18. The van der Waals surface area contributed by atoms with Crippen LogP contribution in [0.2, 0.25) is 0 Å². The molecule has 0 aromatic carbocycles. The van der Waals surface area contributed by atoms with E-state index in [2.05, 4.69) is 20.4 Å². The topological polar surface area (TPSA) is 97.4 Å². The summed E-state index contributed by atoms with van der Waals surface area (Å²) in [6.45, 7) is 1.90. The number of ether oxygens (including phenoxy) is 1. The number of alkyl carbamates (subject to hydrolysis) is 1. The van der Waals surface area contributed by atoms with Crippen molar-refractivity contribution in [3.05, 3.63) is 18.3 Å². The number of anilines is 1. The minimum Gasteiger partial charge on any atom is -0.450 e.